The van der Waals surface area contributed by atoms with Crippen molar-refractivity contribution in [2.24, 2.45) is 5.10 Å². The number of carbonyl (C=O) groups is 3. The number of hydrogen-bond donors (Lipinski definition) is 1. The Morgan fingerprint density at radius 1 is 1.00 bits per heavy atom. The van der Waals surface area contributed by atoms with Gasteiger partial charge in [0.25, 0.3) is 11.8 Å². The van der Waals surface area contributed by atoms with Gasteiger partial charge in [0.05, 0.1) is 30.0 Å². The maximum Gasteiger partial charge on any atom is 0.427 e. The molecule has 1 aliphatic rings. The fourth-order valence-corrected chi connectivity index (χ4v) is 2.63. The molecule has 0 spiro atoms. The van der Waals surface area contributed by atoms with Crippen molar-refractivity contribution >= 4 is 23.6 Å². The number of nitrogens with zero attached hydrogens (tertiary/aromatic N) is 2. The van der Waals surface area contributed by atoms with Crippen LogP contribution in [-0.2, 0) is 4.74 Å². The van der Waals surface area contributed by atoms with Crippen LogP contribution in [0.25, 0.3) is 0 Å². The van der Waals surface area contributed by atoms with Crippen LogP contribution in [0.1, 0.15) is 33.2 Å². The van der Waals surface area contributed by atoms with Gasteiger partial charge in [-0.25, -0.2) is 10.2 Å². The van der Waals surface area contributed by atoms with Crippen molar-refractivity contribution in [3.05, 3.63) is 71.3 Å². The Morgan fingerprint density at radius 3 is 2.15 bits per heavy atom. The lowest BCUT2D eigenvalue weighted by Crippen LogP contribution is -2.36. The predicted octanol–water partition coefficient (Wildman–Crippen LogP) is 2.43. The molecule has 0 atom stereocenters. The van der Waals surface area contributed by atoms with Crippen LogP contribution in [0.5, 0.6) is 0 Å². The average molecular weight is 351 g/mol. The van der Waals surface area contributed by atoms with E-state index < -0.39 is 6.09 Å². The second kappa shape index (κ2) is 7.60. The average Bonchev–Trinajstić information content (AvgIpc) is 2.91. The van der Waals surface area contributed by atoms with Crippen LogP contribution in [0, 0.1) is 0 Å². The van der Waals surface area contributed by atoms with Crippen LogP contribution >= 0.6 is 0 Å². The smallest absolute Gasteiger partial charge is 0.427 e. The fraction of sp³-hybridized carbons (Fsp3) is 0.158. The summed E-state index contributed by atoms with van der Waals surface area (Å²) in [6.07, 6.45) is -0.705. The Hall–Kier alpha value is -3.48. The van der Waals surface area contributed by atoms with E-state index >= 15 is 0 Å². The monoisotopic (exact) mass is 351 g/mol. The van der Waals surface area contributed by atoms with Crippen molar-refractivity contribution in [1.82, 2.24) is 10.3 Å². The lowest BCUT2D eigenvalue weighted by atomic mass is 10.1. The summed E-state index contributed by atoms with van der Waals surface area (Å²) in [6, 6.07) is 15.7. The quantitative estimate of drug-likeness (QED) is 0.509. The summed E-state index contributed by atoms with van der Waals surface area (Å²) < 4.78 is 4.79. The zero-order chi connectivity index (χ0) is 18.5. The molecule has 1 aliphatic heterocycles. The number of ether oxygens (including phenoxy) is 1. The Kier molecular flexibility index (Phi) is 5.07. The van der Waals surface area contributed by atoms with Gasteiger partial charge in [0.15, 0.2) is 0 Å². The third kappa shape index (κ3) is 3.46. The molecule has 7 heteroatoms. The van der Waals surface area contributed by atoms with Crippen LogP contribution in [0.2, 0.25) is 0 Å². The van der Waals surface area contributed by atoms with Gasteiger partial charge < -0.3 is 4.74 Å². The Balaban J connectivity index is 1.87. The van der Waals surface area contributed by atoms with Gasteiger partial charge in [-0.05, 0) is 24.6 Å². The zero-order valence-electron chi connectivity index (χ0n) is 14.1. The molecular weight excluding hydrogens is 334 g/mol. The number of imide groups is 1. The number of amides is 3. The fourth-order valence-electron chi connectivity index (χ4n) is 2.63. The highest BCUT2D eigenvalue weighted by molar-refractivity contribution is 6.23. The van der Waals surface area contributed by atoms with Crippen molar-refractivity contribution in [2.45, 2.75) is 6.92 Å². The molecule has 1 heterocycles. The van der Waals surface area contributed by atoms with Crippen LogP contribution in [0.4, 0.5) is 4.79 Å². The number of carbonyl (C=O) groups excluding carboxylic acids is 3. The molecule has 1 N–H and O–H groups in total. The number of hydrazone groups is 1. The Morgan fingerprint density at radius 2 is 1.58 bits per heavy atom. The molecule has 0 radical (unpaired) electrons. The van der Waals surface area contributed by atoms with Gasteiger partial charge in [-0.3, -0.25) is 14.5 Å². The minimum Gasteiger partial charge on any atom is -0.449 e. The predicted molar refractivity (Wildman–Crippen MR) is 94.9 cm³/mol. The van der Waals surface area contributed by atoms with Crippen molar-refractivity contribution in [3.63, 3.8) is 0 Å². The second-order valence-corrected chi connectivity index (χ2v) is 5.50. The summed E-state index contributed by atoms with van der Waals surface area (Å²) in [4.78, 5) is 37.8. The van der Waals surface area contributed by atoms with Gasteiger partial charge in [-0.1, -0.05) is 42.5 Å². The van der Waals surface area contributed by atoms with E-state index in [1.807, 2.05) is 6.07 Å². The summed E-state index contributed by atoms with van der Waals surface area (Å²) in [5.74, 6) is -0.768. The summed E-state index contributed by atoms with van der Waals surface area (Å²) in [6.45, 7) is 1.82. The molecule has 0 fully saturated rings. The molecule has 0 bridgehead atoms. The van der Waals surface area contributed by atoms with E-state index in [0.29, 0.717) is 22.4 Å². The SMILES string of the molecule is CCOC(=O)N/N=C(/CN1C(=O)c2ccccc2C1=O)c1ccccc1. The van der Waals surface area contributed by atoms with E-state index in [-0.39, 0.29) is 25.0 Å². The first-order chi connectivity index (χ1) is 12.6. The molecule has 2 aromatic rings. The molecular formula is C19H17N3O4. The van der Waals surface area contributed by atoms with E-state index in [4.69, 9.17) is 4.74 Å². The molecule has 0 aliphatic carbocycles. The first-order valence-corrected chi connectivity index (χ1v) is 8.11. The van der Waals surface area contributed by atoms with Crippen LogP contribution < -0.4 is 5.43 Å². The minimum atomic E-state index is -0.705. The van der Waals surface area contributed by atoms with E-state index in [2.05, 4.69) is 10.5 Å². The topological polar surface area (TPSA) is 88.1 Å². The van der Waals surface area contributed by atoms with Gasteiger partial charge in [0.2, 0.25) is 0 Å². The van der Waals surface area contributed by atoms with Gasteiger partial charge >= 0.3 is 6.09 Å². The van der Waals surface area contributed by atoms with Gasteiger partial charge in [-0.2, -0.15) is 5.10 Å². The van der Waals surface area contributed by atoms with E-state index in [1.54, 1.807) is 55.5 Å². The number of rotatable bonds is 5. The highest BCUT2D eigenvalue weighted by atomic mass is 16.5. The summed E-state index contributed by atoms with van der Waals surface area (Å²) >= 11 is 0. The summed E-state index contributed by atoms with van der Waals surface area (Å²) in [5, 5.41) is 4.05. The minimum absolute atomic E-state index is 0.0667. The van der Waals surface area contributed by atoms with Crippen molar-refractivity contribution in [3.8, 4) is 0 Å². The van der Waals surface area contributed by atoms with Crippen LogP contribution in [0.3, 0.4) is 0 Å². The molecule has 132 valence electrons. The largest absolute Gasteiger partial charge is 0.449 e. The summed E-state index contributed by atoms with van der Waals surface area (Å²) in [7, 11) is 0. The Labute approximate surface area is 150 Å². The number of hydrogen-bond acceptors (Lipinski definition) is 5. The Bertz CT molecular complexity index is 842. The van der Waals surface area contributed by atoms with E-state index in [0.717, 1.165) is 4.90 Å². The maximum atomic E-state index is 12.6. The highest BCUT2D eigenvalue weighted by Crippen LogP contribution is 2.22. The van der Waals surface area contributed by atoms with E-state index in [9.17, 15) is 14.4 Å². The molecule has 2 aromatic carbocycles. The van der Waals surface area contributed by atoms with Gasteiger partial charge in [0, 0.05) is 0 Å². The maximum absolute atomic E-state index is 12.6. The van der Waals surface area contributed by atoms with Gasteiger partial charge in [-0.15, -0.1) is 0 Å². The lowest BCUT2D eigenvalue weighted by Gasteiger charge is -2.16. The molecule has 7 nitrogen and oxygen atoms in total. The van der Waals surface area contributed by atoms with Crippen LogP contribution in [-0.4, -0.2) is 41.7 Å². The third-order valence-electron chi connectivity index (χ3n) is 3.85. The zero-order valence-corrected chi connectivity index (χ0v) is 14.1. The molecule has 3 rings (SSSR count). The second-order valence-electron chi connectivity index (χ2n) is 5.50. The normalized spacial score (nSPS) is 13.6. The van der Waals surface area contributed by atoms with E-state index in [1.165, 1.54) is 0 Å². The summed E-state index contributed by atoms with van der Waals surface area (Å²) in [5.41, 5.74) is 4.06. The third-order valence-corrected chi connectivity index (χ3v) is 3.85. The molecule has 3 amide bonds. The molecule has 0 aromatic heterocycles. The first-order valence-electron chi connectivity index (χ1n) is 8.11. The molecule has 0 saturated heterocycles. The number of nitrogens with one attached hydrogen (secondary N) is 1. The number of benzene rings is 2. The molecule has 26 heavy (non-hydrogen) atoms. The molecule has 0 unspecified atom stereocenters. The standard InChI is InChI=1S/C19H17N3O4/c1-2-26-19(25)21-20-16(13-8-4-3-5-9-13)12-22-17(23)14-10-6-7-11-15(14)18(22)24/h3-11H,2,12H2,1H3,(H,21,25)/b20-16-. The van der Waals surface area contributed by atoms with Gasteiger partial charge in [0.1, 0.15) is 0 Å². The van der Waals surface area contributed by atoms with Crippen molar-refractivity contribution < 1.29 is 19.1 Å². The molecule has 0 saturated carbocycles. The van der Waals surface area contributed by atoms with Crippen molar-refractivity contribution in [2.75, 3.05) is 13.2 Å². The highest BCUT2D eigenvalue weighted by Gasteiger charge is 2.35. The van der Waals surface area contributed by atoms with Crippen LogP contribution in [0.15, 0.2) is 59.7 Å². The first kappa shape index (κ1) is 17.3. The van der Waals surface area contributed by atoms with Crippen molar-refractivity contribution in [1.29, 1.82) is 0 Å². The number of fused-ring (bicyclic) bond motifs is 1. The lowest BCUT2D eigenvalue weighted by molar-refractivity contribution is 0.0677.